The number of aryl methyl sites for hydroxylation is 1. The zero-order valence-corrected chi connectivity index (χ0v) is 17.0. The number of carbonyl (C=O) groups is 1. The highest BCUT2D eigenvalue weighted by atomic mass is 32.2. The summed E-state index contributed by atoms with van der Waals surface area (Å²) in [5.74, 6) is 9.86. The molecule has 29 heavy (non-hydrogen) atoms. The second kappa shape index (κ2) is 8.63. The maximum atomic E-state index is 12.8. The molecule has 1 atom stereocenters. The molecule has 1 aromatic heterocycles. The quantitative estimate of drug-likeness (QED) is 0.536. The highest BCUT2D eigenvalue weighted by Crippen LogP contribution is 2.13. The second-order valence-electron chi connectivity index (χ2n) is 6.36. The monoisotopic (exact) mass is 404 g/mol. The van der Waals surface area contributed by atoms with E-state index in [-0.39, 0.29) is 5.56 Å². The van der Waals surface area contributed by atoms with Gasteiger partial charge in [0.05, 0.1) is 22.4 Å². The van der Waals surface area contributed by atoms with Crippen LogP contribution in [0.4, 0.5) is 0 Å². The van der Waals surface area contributed by atoms with Gasteiger partial charge in [-0.15, -0.1) is 0 Å². The Morgan fingerprint density at radius 3 is 2.52 bits per heavy atom. The molecule has 0 aliphatic heterocycles. The van der Waals surface area contributed by atoms with Crippen LogP contribution in [0.2, 0.25) is 0 Å². The van der Waals surface area contributed by atoms with Crippen LogP contribution in [0.25, 0.3) is 0 Å². The molecular weight excluding hydrogens is 384 g/mol. The van der Waals surface area contributed by atoms with Crippen molar-refractivity contribution < 1.29 is 13.7 Å². The number of aromatic nitrogens is 1. The standard InChI is InChI=1S/C23H20N2O3S/c1-17-7-11-22(12-8-17)29(3,27)25-23(26)20-13-19(15-24-16-20)10-9-18-5-4-6-21(14-18)28-2/h4-8,11-16H,3H2,1-2H3,(H,25,26,27). The summed E-state index contributed by atoms with van der Waals surface area (Å²) < 4.78 is 20.5. The number of carbonyl (C=O) groups excluding carboxylic acids is 1. The molecule has 6 heteroatoms. The number of amides is 1. The first-order valence-electron chi connectivity index (χ1n) is 8.74. The number of rotatable bonds is 4. The molecule has 1 heterocycles. The van der Waals surface area contributed by atoms with Crippen LogP contribution in [0.15, 0.2) is 71.9 Å². The van der Waals surface area contributed by atoms with Crippen molar-refractivity contribution >= 4 is 21.5 Å². The number of nitrogens with one attached hydrogen (secondary N) is 1. The summed E-state index contributed by atoms with van der Waals surface area (Å²) in [7, 11) is -1.38. The number of methoxy groups -OCH3 is 1. The minimum absolute atomic E-state index is 0.255. The number of hydrogen-bond donors (Lipinski definition) is 1. The van der Waals surface area contributed by atoms with E-state index in [1.54, 1.807) is 31.5 Å². The fraction of sp³-hybridized carbons (Fsp3) is 0.0870. The fourth-order valence-electron chi connectivity index (χ4n) is 2.50. The van der Waals surface area contributed by atoms with Gasteiger partial charge in [0.1, 0.15) is 5.75 Å². The van der Waals surface area contributed by atoms with Crippen LogP contribution in [-0.2, 0) is 9.71 Å². The van der Waals surface area contributed by atoms with Crippen LogP contribution in [0.1, 0.15) is 27.0 Å². The first-order valence-corrected chi connectivity index (χ1v) is 10.5. The summed E-state index contributed by atoms with van der Waals surface area (Å²) in [5, 5.41) is 0. The van der Waals surface area contributed by atoms with Crippen molar-refractivity contribution in [2.45, 2.75) is 11.8 Å². The third-order valence-electron chi connectivity index (χ3n) is 4.08. The maximum Gasteiger partial charge on any atom is 0.264 e. The average molecular weight is 404 g/mol. The van der Waals surface area contributed by atoms with Gasteiger partial charge in [0.25, 0.3) is 5.91 Å². The SMILES string of the molecule is C=S(=O)(NC(=O)c1cncc(C#Cc2cccc(OC)c2)c1)c1ccc(C)cc1. The summed E-state index contributed by atoms with van der Waals surface area (Å²) in [6, 6.07) is 16.0. The van der Waals surface area contributed by atoms with Gasteiger partial charge in [-0.2, -0.15) is 0 Å². The molecule has 1 amide bonds. The Labute approximate surface area is 170 Å². The van der Waals surface area contributed by atoms with Crippen molar-refractivity contribution in [3.8, 4) is 17.6 Å². The van der Waals surface area contributed by atoms with Crippen molar-refractivity contribution in [2.75, 3.05) is 7.11 Å². The molecule has 0 spiro atoms. The Bertz CT molecular complexity index is 1200. The van der Waals surface area contributed by atoms with Crippen LogP contribution in [-0.4, -0.2) is 28.1 Å². The van der Waals surface area contributed by atoms with E-state index in [9.17, 15) is 9.00 Å². The fourth-order valence-corrected chi connectivity index (χ4v) is 3.61. The van der Waals surface area contributed by atoms with Crippen molar-refractivity contribution in [2.24, 2.45) is 0 Å². The topological polar surface area (TPSA) is 68.3 Å². The number of nitrogens with zero attached hydrogens (tertiary/aromatic N) is 1. The van der Waals surface area contributed by atoms with Crippen molar-refractivity contribution in [1.82, 2.24) is 9.71 Å². The summed E-state index contributed by atoms with van der Waals surface area (Å²) >= 11 is 0. The summed E-state index contributed by atoms with van der Waals surface area (Å²) in [6.07, 6.45) is 2.96. The summed E-state index contributed by atoms with van der Waals surface area (Å²) in [6.45, 7) is 1.93. The van der Waals surface area contributed by atoms with Gasteiger partial charge in [0.15, 0.2) is 0 Å². The number of benzene rings is 2. The zero-order chi connectivity index (χ0) is 20.9. The van der Waals surface area contributed by atoms with Crippen LogP contribution in [0.5, 0.6) is 5.75 Å². The smallest absolute Gasteiger partial charge is 0.264 e. The molecule has 5 nitrogen and oxygen atoms in total. The van der Waals surface area contributed by atoms with Crippen molar-refractivity contribution in [3.63, 3.8) is 0 Å². The van der Waals surface area contributed by atoms with Gasteiger partial charge in [0.2, 0.25) is 0 Å². The van der Waals surface area contributed by atoms with E-state index in [0.29, 0.717) is 16.2 Å². The molecule has 3 rings (SSSR count). The van der Waals surface area contributed by atoms with E-state index >= 15 is 0 Å². The molecule has 0 saturated carbocycles. The molecule has 0 aliphatic carbocycles. The molecule has 0 bridgehead atoms. The molecular formula is C23H20N2O3S. The predicted octanol–water partition coefficient (Wildman–Crippen LogP) is 3.22. The van der Waals surface area contributed by atoms with E-state index in [1.165, 1.54) is 6.20 Å². The average Bonchev–Trinajstić information content (AvgIpc) is 2.72. The highest BCUT2D eigenvalue weighted by molar-refractivity contribution is 7.99. The Hall–Kier alpha value is -3.56. The van der Waals surface area contributed by atoms with Crippen LogP contribution < -0.4 is 9.46 Å². The minimum atomic E-state index is -2.98. The van der Waals surface area contributed by atoms with Gasteiger partial charge >= 0.3 is 0 Å². The lowest BCUT2D eigenvalue weighted by Gasteiger charge is -2.12. The lowest BCUT2D eigenvalue weighted by atomic mass is 10.1. The maximum absolute atomic E-state index is 12.8. The second-order valence-corrected chi connectivity index (χ2v) is 8.39. The van der Waals surface area contributed by atoms with E-state index < -0.39 is 15.6 Å². The normalized spacial score (nSPS) is 12.2. The Morgan fingerprint density at radius 2 is 1.79 bits per heavy atom. The van der Waals surface area contributed by atoms with E-state index in [4.69, 9.17) is 4.74 Å². The Morgan fingerprint density at radius 1 is 1.07 bits per heavy atom. The first kappa shape index (κ1) is 20.2. The van der Waals surface area contributed by atoms with E-state index in [0.717, 1.165) is 11.1 Å². The lowest BCUT2D eigenvalue weighted by molar-refractivity contribution is 0.0982. The molecule has 1 unspecified atom stereocenters. The molecule has 146 valence electrons. The van der Waals surface area contributed by atoms with Crippen LogP contribution in [0.3, 0.4) is 0 Å². The van der Waals surface area contributed by atoms with Gasteiger partial charge in [-0.3, -0.25) is 14.5 Å². The zero-order valence-electron chi connectivity index (χ0n) is 16.1. The number of pyridine rings is 1. The molecule has 0 aliphatic rings. The molecule has 0 fully saturated rings. The van der Waals surface area contributed by atoms with Crippen LogP contribution in [0, 0.1) is 18.8 Å². The molecule has 2 aromatic carbocycles. The van der Waals surface area contributed by atoms with Gasteiger partial charge in [-0.05, 0) is 49.2 Å². The lowest BCUT2D eigenvalue weighted by Crippen LogP contribution is -2.30. The third kappa shape index (κ3) is 5.24. The van der Waals surface area contributed by atoms with Crippen molar-refractivity contribution in [1.29, 1.82) is 0 Å². The van der Waals surface area contributed by atoms with E-state index in [1.807, 2.05) is 43.3 Å². The van der Waals surface area contributed by atoms with Crippen LogP contribution >= 0.6 is 0 Å². The Kier molecular flexibility index (Phi) is 6.01. The molecule has 0 radical (unpaired) electrons. The van der Waals surface area contributed by atoms with E-state index in [2.05, 4.69) is 27.4 Å². The number of hydrogen-bond acceptors (Lipinski definition) is 4. The highest BCUT2D eigenvalue weighted by Gasteiger charge is 2.14. The molecule has 3 aromatic rings. The van der Waals surface area contributed by atoms with Gasteiger partial charge in [0, 0.05) is 28.4 Å². The van der Waals surface area contributed by atoms with Gasteiger partial charge in [-0.1, -0.05) is 35.6 Å². The Balaban J connectivity index is 1.79. The summed E-state index contributed by atoms with van der Waals surface area (Å²) in [4.78, 5) is 17.1. The van der Waals surface area contributed by atoms with Gasteiger partial charge in [-0.25, -0.2) is 4.21 Å². The minimum Gasteiger partial charge on any atom is -0.497 e. The largest absolute Gasteiger partial charge is 0.497 e. The first-order chi connectivity index (χ1) is 13.9. The summed E-state index contributed by atoms with van der Waals surface area (Å²) in [5.41, 5.74) is 2.62. The van der Waals surface area contributed by atoms with Crippen molar-refractivity contribution in [3.05, 3.63) is 89.2 Å². The predicted molar refractivity (Wildman–Crippen MR) is 115 cm³/mol. The molecule has 0 saturated heterocycles. The molecule has 1 N–H and O–H groups in total. The number of ether oxygens (including phenoxy) is 1. The third-order valence-corrected chi connectivity index (χ3v) is 5.63. The van der Waals surface area contributed by atoms with Gasteiger partial charge < -0.3 is 4.74 Å².